The number of nitrogens with zero attached hydrogens (tertiary/aromatic N) is 2. The molecule has 29 heavy (non-hydrogen) atoms. The van der Waals surface area contributed by atoms with Crippen LogP contribution in [0.5, 0.6) is 0 Å². The molecule has 0 aliphatic heterocycles. The molecule has 8 heteroatoms. The van der Waals surface area contributed by atoms with Crippen LogP contribution >= 0.6 is 0 Å². The fourth-order valence-electron chi connectivity index (χ4n) is 2.74. The summed E-state index contributed by atoms with van der Waals surface area (Å²) in [4.78, 5) is 20.7. The Balaban J connectivity index is 1.75. The van der Waals surface area contributed by atoms with E-state index in [0.29, 0.717) is 12.1 Å². The minimum Gasteiger partial charge on any atom is -0.350 e. The fourth-order valence-corrected chi connectivity index (χ4v) is 2.74. The molecule has 0 saturated heterocycles. The zero-order chi connectivity index (χ0) is 20.7. The van der Waals surface area contributed by atoms with Crippen molar-refractivity contribution in [2.45, 2.75) is 25.3 Å². The van der Waals surface area contributed by atoms with Crippen LogP contribution in [0.15, 0.2) is 73.3 Å². The van der Waals surface area contributed by atoms with Gasteiger partial charge in [-0.15, -0.1) is 0 Å². The van der Waals surface area contributed by atoms with E-state index in [1.54, 1.807) is 43.0 Å². The quantitative estimate of drug-likeness (QED) is 0.636. The van der Waals surface area contributed by atoms with E-state index in [1.165, 1.54) is 12.1 Å². The summed E-state index contributed by atoms with van der Waals surface area (Å²) >= 11 is 0. The van der Waals surface area contributed by atoms with Crippen LogP contribution in [0, 0.1) is 0 Å². The van der Waals surface area contributed by atoms with Crippen molar-refractivity contribution < 1.29 is 18.0 Å². The number of benzene rings is 1. The molecule has 0 radical (unpaired) electrons. The van der Waals surface area contributed by atoms with Gasteiger partial charge >= 0.3 is 6.18 Å². The fraction of sp³-hybridized carbons (Fsp3) is 0.190. The highest BCUT2D eigenvalue weighted by Crippen LogP contribution is 2.30. The van der Waals surface area contributed by atoms with Crippen molar-refractivity contribution in [2.24, 2.45) is 0 Å². The average molecular weight is 400 g/mol. The van der Waals surface area contributed by atoms with Gasteiger partial charge in [-0.2, -0.15) is 13.2 Å². The van der Waals surface area contributed by atoms with Crippen molar-refractivity contribution in [1.29, 1.82) is 0 Å². The van der Waals surface area contributed by atoms with Gasteiger partial charge in [0.05, 0.1) is 5.56 Å². The maximum Gasteiger partial charge on any atom is 0.416 e. The molecule has 1 atom stereocenters. The first-order valence-electron chi connectivity index (χ1n) is 8.89. The number of nitrogens with one attached hydrogen (secondary N) is 2. The Morgan fingerprint density at radius 1 is 0.897 bits per heavy atom. The number of hydrogen-bond acceptors (Lipinski definition) is 4. The number of carbonyl (C=O) groups excluding carboxylic acids is 1. The molecule has 2 heterocycles. The molecule has 3 rings (SSSR count). The number of rotatable bonds is 7. The smallest absolute Gasteiger partial charge is 0.350 e. The Kier molecular flexibility index (Phi) is 6.56. The van der Waals surface area contributed by atoms with Gasteiger partial charge in [-0.25, -0.2) is 0 Å². The summed E-state index contributed by atoms with van der Waals surface area (Å²) in [6, 6.07) is 10.9. The molecule has 0 bridgehead atoms. The molecule has 2 aromatic heterocycles. The van der Waals surface area contributed by atoms with Crippen LogP contribution in [0.3, 0.4) is 0 Å². The largest absolute Gasteiger partial charge is 0.416 e. The summed E-state index contributed by atoms with van der Waals surface area (Å²) in [5.41, 5.74) is 1.40. The van der Waals surface area contributed by atoms with Crippen LogP contribution in [0.2, 0.25) is 0 Å². The average Bonchev–Trinajstić information content (AvgIpc) is 2.73. The van der Waals surface area contributed by atoms with E-state index in [-0.39, 0.29) is 12.5 Å². The number of pyridine rings is 2. The molecule has 0 saturated carbocycles. The van der Waals surface area contributed by atoms with Gasteiger partial charge in [-0.3, -0.25) is 20.1 Å². The molecule has 1 amide bonds. The third-order valence-electron chi connectivity index (χ3n) is 4.28. The number of alkyl halides is 3. The molecular formula is C21H19F3N4O. The van der Waals surface area contributed by atoms with Crippen LogP contribution in [-0.2, 0) is 24.1 Å². The normalized spacial score (nSPS) is 12.4. The Morgan fingerprint density at radius 3 is 2.24 bits per heavy atom. The maximum absolute atomic E-state index is 12.9. The van der Waals surface area contributed by atoms with E-state index in [1.807, 2.05) is 6.07 Å². The van der Waals surface area contributed by atoms with E-state index in [4.69, 9.17) is 0 Å². The summed E-state index contributed by atoms with van der Waals surface area (Å²) in [7, 11) is 0. The SMILES string of the molecule is O=C(NCc1ccncc1)C(NCc1cccnc1)c1ccc(C(F)(F)F)cc1. The molecule has 150 valence electrons. The van der Waals surface area contributed by atoms with Crippen LogP contribution < -0.4 is 10.6 Å². The van der Waals surface area contributed by atoms with Crippen molar-refractivity contribution >= 4 is 5.91 Å². The molecular weight excluding hydrogens is 381 g/mol. The van der Waals surface area contributed by atoms with Crippen molar-refractivity contribution in [1.82, 2.24) is 20.6 Å². The number of aromatic nitrogens is 2. The number of carbonyl (C=O) groups is 1. The van der Waals surface area contributed by atoms with Crippen LogP contribution in [0.4, 0.5) is 13.2 Å². The second-order valence-electron chi connectivity index (χ2n) is 6.37. The van der Waals surface area contributed by atoms with E-state index in [9.17, 15) is 18.0 Å². The van der Waals surface area contributed by atoms with E-state index in [0.717, 1.165) is 23.3 Å². The molecule has 0 aliphatic rings. The van der Waals surface area contributed by atoms with Gasteiger partial charge in [-0.1, -0.05) is 18.2 Å². The van der Waals surface area contributed by atoms with Gasteiger partial charge in [0.25, 0.3) is 0 Å². The summed E-state index contributed by atoms with van der Waals surface area (Å²) in [5.74, 6) is -0.342. The third-order valence-corrected chi connectivity index (χ3v) is 4.28. The molecule has 0 aliphatic carbocycles. The lowest BCUT2D eigenvalue weighted by Crippen LogP contribution is -2.37. The van der Waals surface area contributed by atoms with Crippen LogP contribution in [0.25, 0.3) is 0 Å². The van der Waals surface area contributed by atoms with Crippen molar-refractivity contribution in [3.8, 4) is 0 Å². The first-order valence-corrected chi connectivity index (χ1v) is 8.89. The topological polar surface area (TPSA) is 66.9 Å². The highest BCUT2D eigenvalue weighted by molar-refractivity contribution is 5.83. The Bertz CT molecular complexity index is 916. The molecule has 2 N–H and O–H groups in total. The minimum atomic E-state index is -4.43. The Labute approximate surface area is 166 Å². The molecule has 3 aromatic rings. The standard InChI is InChI=1S/C21H19F3N4O/c22-21(23,24)18-5-3-17(4-6-18)19(27-14-16-2-1-9-26-12-16)20(29)28-13-15-7-10-25-11-8-15/h1-12,19,27H,13-14H2,(H,28,29). The Morgan fingerprint density at radius 2 is 1.62 bits per heavy atom. The minimum absolute atomic E-state index is 0.285. The first-order chi connectivity index (χ1) is 13.9. The summed E-state index contributed by atoms with van der Waals surface area (Å²) < 4.78 is 38.6. The van der Waals surface area contributed by atoms with E-state index < -0.39 is 17.8 Å². The van der Waals surface area contributed by atoms with Gasteiger partial charge in [0.1, 0.15) is 6.04 Å². The first kappa shape index (κ1) is 20.5. The maximum atomic E-state index is 12.9. The van der Waals surface area contributed by atoms with Crippen molar-refractivity contribution in [3.05, 3.63) is 95.6 Å². The number of hydrogen-bond donors (Lipinski definition) is 2. The lowest BCUT2D eigenvalue weighted by Gasteiger charge is -2.20. The van der Waals surface area contributed by atoms with Gasteiger partial charge in [-0.05, 0) is 47.0 Å². The van der Waals surface area contributed by atoms with Gasteiger partial charge < -0.3 is 5.32 Å². The van der Waals surface area contributed by atoms with E-state index in [2.05, 4.69) is 20.6 Å². The zero-order valence-corrected chi connectivity index (χ0v) is 15.4. The third kappa shape index (κ3) is 5.86. The molecule has 1 unspecified atom stereocenters. The second kappa shape index (κ2) is 9.29. The number of halogens is 3. The monoisotopic (exact) mass is 400 g/mol. The molecule has 5 nitrogen and oxygen atoms in total. The summed E-state index contributed by atoms with van der Waals surface area (Å²) in [6.07, 6.45) is 2.11. The lowest BCUT2D eigenvalue weighted by molar-refractivity contribution is -0.137. The molecule has 1 aromatic carbocycles. The zero-order valence-electron chi connectivity index (χ0n) is 15.4. The van der Waals surface area contributed by atoms with Gasteiger partial charge in [0.2, 0.25) is 5.91 Å². The molecule has 0 fully saturated rings. The van der Waals surface area contributed by atoms with Gasteiger partial charge in [0, 0.05) is 37.9 Å². The highest BCUT2D eigenvalue weighted by atomic mass is 19.4. The highest BCUT2D eigenvalue weighted by Gasteiger charge is 2.30. The summed E-state index contributed by atoms with van der Waals surface area (Å²) in [6.45, 7) is 0.620. The predicted molar refractivity (Wildman–Crippen MR) is 101 cm³/mol. The van der Waals surface area contributed by atoms with Crippen molar-refractivity contribution in [3.63, 3.8) is 0 Å². The number of amides is 1. The van der Waals surface area contributed by atoms with Crippen LogP contribution in [-0.4, -0.2) is 15.9 Å². The van der Waals surface area contributed by atoms with Crippen molar-refractivity contribution in [2.75, 3.05) is 0 Å². The predicted octanol–water partition coefficient (Wildman–Crippen LogP) is 3.64. The van der Waals surface area contributed by atoms with E-state index >= 15 is 0 Å². The summed E-state index contributed by atoms with van der Waals surface area (Å²) in [5, 5.41) is 5.91. The second-order valence-corrected chi connectivity index (χ2v) is 6.37. The lowest BCUT2D eigenvalue weighted by atomic mass is 10.0. The Hall–Kier alpha value is -3.26. The molecule has 0 spiro atoms. The van der Waals surface area contributed by atoms with Gasteiger partial charge in [0.15, 0.2) is 0 Å². The van der Waals surface area contributed by atoms with Crippen LogP contribution in [0.1, 0.15) is 28.3 Å².